The Bertz CT molecular complexity index is 371. The van der Waals surface area contributed by atoms with E-state index in [9.17, 15) is 0 Å². The summed E-state index contributed by atoms with van der Waals surface area (Å²) in [6.07, 6.45) is 1.40. The summed E-state index contributed by atoms with van der Waals surface area (Å²) in [5, 5.41) is 37.0. The van der Waals surface area contributed by atoms with Crippen molar-refractivity contribution >= 4 is 5.82 Å². The van der Waals surface area contributed by atoms with E-state index in [0.29, 0.717) is 5.56 Å². The van der Waals surface area contributed by atoms with Crippen molar-refractivity contribution in [2.45, 2.75) is 12.5 Å². The van der Waals surface area contributed by atoms with E-state index < -0.39 is 5.54 Å². The lowest BCUT2D eigenvalue weighted by atomic mass is 10.1. The molecule has 6 nitrogen and oxygen atoms in total. The molecule has 0 amide bonds. The molecular weight excluding hydrogens is 196 g/mol. The molecule has 0 aliphatic carbocycles. The Morgan fingerprint density at radius 2 is 2.20 bits per heavy atom. The fraction of sp³-hybridized carbons (Fsp3) is 0.444. The first-order valence-corrected chi connectivity index (χ1v) is 4.37. The Morgan fingerprint density at radius 1 is 1.53 bits per heavy atom. The Balaban J connectivity index is 2.94. The van der Waals surface area contributed by atoms with Crippen LogP contribution in [0.4, 0.5) is 5.82 Å². The second kappa shape index (κ2) is 4.68. The number of nitriles is 1. The molecule has 1 aromatic rings. The quantitative estimate of drug-likeness (QED) is 0.616. The van der Waals surface area contributed by atoms with Gasteiger partial charge in [0.2, 0.25) is 0 Å². The second-order valence-corrected chi connectivity index (χ2v) is 3.41. The first-order chi connectivity index (χ1) is 7.15. The highest BCUT2D eigenvalue weighted by atomic mass is 16.3. The molecule has 1 heterocycles. The van der Waals surface area contributed by atoms with Crippen LogP contribution in [0.3, 0.4) is 0 Å². The van der Waals surface area contributed by atoms with Crippen molar-refractivity contribution in [2.75, 3.05) is 18.5 Å². The smallest absolute Gasteiger partial charge is 0.167 e. The average Bonchev–Trinajstić information content (AvgIpc) is 2.29. The molecule has 0 spiro atoms. The van der Waals surface area contributed by atoms with E-state index in [1.54, 1.807) is 6.92 Å². The van der Waals surface area contributed by atoms with Gasteiger partial charge in [0.25, 0.3) is 0 Å². The number of aromatic nitrogens is 2. The molecule has 3 N–H and O–H groups in total. The van der Waals surface area contributed by atoms with Crippen LogP contribution in [0.15, 0.2) is 12.3 Å². The zero-order valence-corrected chi connectivity index (χ0v) is 8.30. The molecule has 0 saturated heterocycles. The molecule has 0 radical (unpaired) electrons. The molecule has 0 aliphatic rings. The molecule has 0 bridgehead atoms. The van der Waals surface area contributed by atoms with Gasteiger partial charge in [-0.2, -0.15) is 10.4 Å². The summed E-state index contributed by atoms with van der Waals surface area (Å²) in [5.74, 6) is 0.255. The summed E-state index contributed by atoms with van der Waals surface area (Å²) in [7, 11) is 0. The molecule has 1 rings (SSSR count). The Morgan fingerprint density at radius 3 is 2.73 bits per heavy atom. The lowest BCUT2D eigenvalue weighted by molar-refractivity contribution is 0.147. The summed E-state index contributed by atoms with van der Waals surface area (Å²) in [6.45, 7) is 1.07. The van der Waals surface area contributed by atoms with Gasteiger partial charge in [-0.25, -0.2) is 0 Å². The molecule has 1 aromatic heterocycles. The molecule has 0 aliphatic heterocycles. The number of hydrogen-bond donors (Lipinski definition) is 3. The van der Waals surface area contributed by atoms with E-state index in [1.165, 1.54) is 12.3 Å². The van der Waals surface area contributed by atoms with Crippen molar-refractivity contribution < 1.29 is 10.2 Å². The van der Waals surface area contributed by atoms with Crippen LogP contribution in [0.25, 0.3) is 0 Å². The van der Waals surface area contributed by atoms with Crippen molar-refractivity contribution in [1.29, 1.82) is 5.26 Å². The van der Waals surface area contributed by atoms with Gasteiger partial charge in [0, 0.05) is 0 Å². The summed E-state index contributed by atoms with van der Waals surface area (Å²) in [5.41, 5.74) is -0.597. The third-order valence-electron chi connectivity index (χ3n) is 1.96. The van der Waals surface area contributed by atoms with Crippen LogP contribution in [0.5, 0.6) is 0 Å². The topological polar surface area (TPSA) is 102 Å². The molecule has 15 heavy (non-hydrogen) atoms. The van der Waals surface area contributed by atoms with Gasteiger partial charge in [-0.05, 0) is 13.0 Å². The van der Waals surface area contributed by atoms with E-state index in [0.717, 1.165) is 0 Å². The molecule has 80 valence electrons. The molecular formula is C9H12N4O2. The number of aliphatic hydroxyl groups excluding tert-OH is 2. The Kier molecular flexibility index (Phi) is 3.55. The van der Waals surface area contributed by atoms with E-state index in [-0.39, 0.29) is 19.0 Å². The predicted molar refractivity (Wildman–Crippen MR) is 52.9 cm³/mol. The minimum atomic E-state index is -0.915. The van der Waals surface area contributed by atoms with Crippen molar-refractivity contribution in [2.24, 2.45) is 0 Å². The van der Waals surface area contributed by atoms with Crippen molar-refractivity contribution in [1.82, 2.24) is 10.2 Å². The van der Waals surface area contributed by atoms with E-state index in [1.807, 2.05) is 6.07 Å². The van der Waals surface area contributed by atoms with Gasteiger partial charge >= 0.3 is 0 Å². The van der Waals surface area contributed by atoms with E-state index in [2.05, 4.69) is 15.5 Å². The van der Waals surface area contributed by atoms with Gasteiger partial charge in [-0.3, -0.25) is 0 Å². The van der Waals surface area contributed by atoms with Crippen LogP contribution in [-0.2, 0) is 0 Å². The SMILES string of the molecule is CC(CO)(CO)Nc1nnccc1C#N. The van der Waals surface area contributed by atoms with Crippen LogP contribution < -0.4 is 5.32 Å². The summed E-state index contributed by atoms with van der Waals surface area (Å²) < 4.78 is 0. The highest BCUT2D eigenvalue weighted by molar-refractivity contribution is 5.51. The fourth-order valence-electron chi connectivity index (χ4n) is 0.929. The third-order valence-corrected chi connectivity index (χ3v) is 1.96. The van der Waals surface area contributed by atoms with E-state index in [4.69, 9.17) is 15.5 Å². The monoisotopic (exact) mass is 208 g/mol. The summed E-state index contributed by atoms with van der Waals surface area (Å²) >= 11 is 0. The average molecular weight is 208 g/mol. The molecule has 0 unspecified atom stereocenters. The highest BCUT2D eigenvalue weighted by Crippen LogP contribution is 2.15. The Labute approximate surface area is 87.2 Å². The molecule has 0 fully saturated rings. The van der Waals surface area contributed by atoms with Crippen LogP contribution >= 0.6 is 0 Å². The predicted octanol–water partition coefficient (Wildman–Crippen LogP) is -0.497. The van der Waals surface area contributed by atoms with Gasteiger partial charge < -0.3 is 15.5 Å². The normalized spacial score (nSPS) is 10.8. The van der Waals surface area contributed by atoms with E-state index >= 15 is 0 Å². The number of rotatable bonds is 4. The number of nitrogens with one attached hydrogen (secondary N) is 1. The first kappa shape index (κ1) is 11.4. The number of anilines is 1. The minimum Gasteiger partial charge on any atom is -0.394 e. The second-order valence-electron chi connectivity index (χ2n) is 3.41. The lowest BCUT2D eigenvalue weighted by Crippen LogP contribution is -2.43. The molecule has 0 saturated carbocycles. The molecule has 0 atom stereocenters. The van der Waals surface area contributed by atoms with Crippen LogP contribution in [-0.4, -0.2) is 39.2 Å². The maximum atomic E-state index is 9.06. The standard InChI is InChI=1S/C9H12N4O2/c1-9(5-14,6-15)12-8-7(4-10)2-3-11-13-8/h2-3,14-15H,5-6H2,1H3,(H,12,13). The Hall–Kier alpha value is -1.71. The summed E-state index contributed by atoms with van der Waals surface area (Å²) in [4.78, 5) is 0. The van der Waals surface area contributed by atoms with Gasteiger partial charge in [0.05, 0.1) is 30.5 Å². The fourth-order valence-corrected chi connectivity index (χ4v) is 0.929. The maximum absolute atomic E-state index is 9.06. The van der Waals surface area contributed by atoms with Gasteiger partial charge in [0.1, 0.15) is 6.07 Å². The zero-order valence-electron chi connectivity index (χ0n) is 8.30. The first-order valence-electron chi connectivity index (χ1n) is 4.37. The molecule has 0 aromatic carbocycles. The van der Waals surface area contributed by atoms with Gasteiger partial charge in [0.15, 0.2) is 5.82 Å². The third kappa shape index (κ3) is 2.62. The van der Waals surface area contributed by atoms with Crippen LogP contribution in [0.1, 0.15) is 12.5 Å². The van der Waals surface area contributed by atoms with Gasteiger partial charge in [-0.15, -0.1) is 5.10 Å². The highest BCUT2D eigenvalue weighted by Gasteiger charge is 2.23. The van der Waals surface area contributed by atoms with Crippen molar-refractivity contribution in [3.05, 3.63) is 17.8 Å². The van der Waals surface area contributed by atoms with Crippen LogP contribution in [0.2, 0.25) is 0 Å². The van der Waals surface area contributed by atoms with Gasteiger partial charge in [-0.1, -0.05) is 0 Å². The minimum absolute atomic E-state index is 0.255. The summed E-state index contributed by atoms with van der Waals surface area (Å²) in [6, 6.07) is 3.44. The number of hydrogen-bond acceptors (Lipinski definition) is 6. The molecule has 6 heteroatoms. The zero-order chi connectivity index (χ0) is 11.3. The number of nitrogens with zero attached hydrogens (tertiary/aromatic N) is 3. The lowest BCUT2D eigenvalue weighted by Gasteiger charge is -2.26. The van der Waals surface area contributed by atoms with Crippen molar-refractivity contribution in [3.8, 4) is 6.07 Å². The number of aliphatic hydroxyl groups is 2. The van der Waals surface area contributed by atoms with Crippen LogP contribution in [0, 0.1) is 11.3 Å². The maximum Gasteiger partial charge on any atom is 0.167 e. The van der Waals surface area contributed by atoms with Crippen molar-refractivity contribution in [3.63, 3.8) is 0 Å². The largest absolute Gasteiger partial charge is 0.394 e.